The van der Waals surface area contributed by atoms with Crippen LogP contribution < -0.4 is 5.32 Å². The zero-order chi connectivity index (χ0) is 28.4. The van der Waals surface area contributed by atoms with Gasteiger partial charge in [0, 0.05) is 24.6 Å². The number of hydrogen-bond acceptors (Lipinski definition) is 5. The lowest BCUT2D eigenvalue weighted by Crippen LogP contribution is -2.46. The summed E-state index contributed by atoms with van der Waals surface area (Å²) in [5.74, 6) is -3.66. The average Bonchev–Trinajstić information content (AvgIpc) is 3.19. The molecule has 2 aromatic carbocycles. The summed E-state index contributed by atoms with van der Waals surface area (Å²) in [6.45, 7) is 6.00. The van der Waals surface area contributed by atoms with Crippen molar-refractivity contribution in [3.05, 3.63) is 88.4 Å². The molecule has 0 saturated carbocycles. The molecule has 2 fully saturated rings. The van der Waals surface area contributed by atoms with Crippen LogP contribution in [0.2, 0.25) is 0 Å². The van der Waals surface area contributed by atoms with Gasteiger partial charge in [-0.1, -0.05) is 23.8 Å². The minimum Gasteiger partial charge on any atom is -0.377 e. The fourth-order valence-electron chi connectivity index (χ4n) is 5.38. The molecule has 2 amide bonds. The lowest BCUT2D eigenvalue weighted by molar-refractivity contribution is -0.0538. The van der Waals surface area contributed by atoms with E-state index in [2.05, 4.69) is 10.3 Å². The van der Waals surface area contributed by atoms with Crippen molar-refractivity contribution in [3.63, 3.8) is 0 Å². The van der Waals surface area contributed by atoms with Crippen LogP contribution in [0.5, 0.6) is 0 Å². The van der Waals surface area contributed by atoms with Crippen LogP contribution >= 0.6 is 0 Å². The third-order valence-electron chi connectivity index (χ3n) is 7.36. The molecule has 7 nitrogen and oxygen atoms in total. The van der Waals surface area contributed by atoms with Gasteiger partial charge in [0.25, 0.3) is 11.8 Å². The van der Waals surface area contributed by atoms with Gasteiger partial charge in [-0.3, -0.25) is 9.59 Å². The Morgan fingerprint density at radius 1 is 1.07 bits per heavy atom. The number of hydrogen-bond donors (Lipinski definition) is 1. The number of aryl methyl sites for hydroxylation is 2. The molecule has 1 aromatic heterocycles. The van der Waals surface area contributed by atoms with Crippen molar-refractivity contribution in [2.24, 2.45) is 5.92 Å². The smallest absolute Gasteiger partial charge is 0.269 e. The second kappa shape index (κ2) is 11.4. The molecule has 2 atom stereocenters. The number of ether oxygens (including phenoxy) is 2. The Hall–Kier alpha value is -3.76. The Kier molecular flexibility index (Phi) is 7.91. The van der Waals surface area contributed by atoms with Crippen molar-refractivity contribution in [3.8, 4) is 11.3 Å². The minimum atomic E-state index is -0.979. The van der Waals surface area contributed by atoms with E-state index >= 15 is 0 Å². The Morgan fingerprint density at radius 3 is 2.60 bits per heavy atom. The fraction of sp³-hybridized carbons (Fsp3) is 0.367. The molecule has 5 rings (SSSR count). The summed E-state index contributed by atoms with van der Waals surface area (Å²) < 4.78 is 54.8. The van der Waals surface area contributed by atoms with Gasteiger partial charge in [0.15, 0.2) is 0 Å². The molecule has 40 heavy (non-hydrogen) atoms. The average molecular weight is 554 g/mol. The Morgan fingerprint density at radius 2 is 1.85 bits per heavy atom. The third-order valence-corrected chi connectivity index (χ3v) is 7.36. The SMILES string of the molecule is Cc1ccc(C(=O)N2CCOCC3(CC(CNC(=O)c4ccc(F)c(-c5c(F)cccc5F)n4)CO3)C2)c(C)c1. The van der Waals surface area contributed by atoms with Gasteiger partial charge in [-0.2, -0.15) is 0 Å². The van der Waals surface area contributed by atoms with Gasteiger partial charge in [-0.25, -0.2) is 18.2 Å². The van der Waals surface area contributed by atoms with Crippen molar-refractivity contribution in [2.45, 2.75) is 25.9 Å². The Bertz CT molecular complexity index is 1430. The molecule has 3 heterocycles. The monoisotopic (exact) mass is 553 g/mol. The molecule has 1 N–H and O–H groups in total. The van der Waals surface area contributed by atoms with Crippen LogP contribution in [-0.4, -0.2) is 66.8 Å². The van der Waals surface area contributed by atoms with E-state index < -0.39 is 40.2 Å². The van der Waals surface area contributed by atoms with Crippen LogP contribution in [0, 0.1) is 37.2 Å². The highest BCUT2D eigenvalue weighted by atomic mass is 19.1. The van der Waals surface area contributed by atoms with Crippen LogP contribution in [-0.2, 0) is 9.47 Å². The maximum atomic E-state index is 14.4. The van der Waals surface area contributed by atoms with E-state index in [1.807, 2.05) is 32.0 Å². The molecule has 0 bridgehead atoms. The summed E-state index contributed by atoms with van der Waals surface area (Å²) in [7, 11) is 0. The number of nitrogens with zero attached hydrogens (tertiary/aromatic N) is 2. The minimum absolute atomic E-state index is 0.0763. The molecule has 210 valence electrons. The van der Waals surface area contributed by atoms with E-state index in [9.17, 15) is 22.8 Å². The number of rotatable bonds is 5. The third kappa shape index (κ3) is 5.73. The maximum Gasteiger partial charge on any atom is 0.269 e. The van der Waals surface area contributed by atoms with Gasteiger partial charge < -0.3 is 19.7 Å². The summed E-state index contributed by atoms with van der Waals surface area (Å²) in [4.78, 5) is 31.9. The zero-order valence-electron chi connectivity index (χ0n) is 22.3. The molecule has 3 aromatic rings. The standard InChI is InChI=1S/C30H30F3N3O4/c1-18-6-7-21(19(2)12-18)29(38)36-10-11-39-17-30(16-36)13-20(15-40-30)14-34-28(37)25-9-8-24(33)27(35-25)26-22(31)4-3-5-23(26)32/h3-9,12,20H,10-11,13-17H2,1-2H3,(H,34,37). The van der Waals surface area contributed by atoms with E-state index in [0.717, 1.165) is 41.5 Å². The topological polar surface area (TPSA) is 80.8 Å². The predicted octanol–water partition coefficient (Wildman–Crippen LogP) is 4.46. The summed E-state index contributed by atoms with van der Waals surface area (Å²) >= 11 is 0. The molecule has 2 aliphatic heterocycles. The molecule has 10 heteroatoms. The second-order valence-corrected chi connectivity index (χ2v) is 10.5. The number of benzene rings is 2. The van der Waals surface area contributed by atoms with Gasteiger partial charge in [-0.15, -0.1) is 0 Å². The van der Waals surface area contributed by atoms with Gasteiger partial charge in [-0.05, 0) is 56.2 Å². The van der Waals surface area contributed by atoms with E-state index in [1.165, 1.54) is 0 Å². The van der Waals surface area contributed by atoms with Crippen LogP contribution in [0.4, 0.5) is 13.2 Å². The summed E-state index contributed by atoms with van der Waals surface area (Å²) in [5, 5.41) is 2.77. The van der Waals surface area contributed by atoms with E-state index in [0.29, 0.717) is 44.9 Å². The van der Waals surface area contributed by atoms with Crippen molar-refractivity contribution < 1.29 is 32.2 Å². The lowest BCUT2D eigenvalue weighted by atomic mass is 9.93. The van der Waals surface area contributed by atoms with Crippen LogP contribution in [0.1, 0.15) is 38.4 Å². The first-order chi connectivity index (χ1) is 19.2. The largest absolute Gasteiger partial charge is 0.377 e. The van der Waals surface area contributed by atoms with Gasteiger partial charge in [0.1, 0.15) is 34.4 Å². The Labute approximate surface area is 230 Å². The summed E-state index contributed by atoms with van der Waals surface area (Å²) in [6, 6.07) is 11.0. The molecule has 0 aliphatic carbocycles. The number of carbonyl (C=O) groups excluding carboxylic acids is 2. The highest BCUT2D eigenvalue weighted by Gasteiger charge is 2.44. The molecule has 2 unspecified atom stereocenters. The number of carbonyl (C=O) groups is 2. The van der Waals surface area contributed by atoms with E-state index in [-0.39, 0.29) is 24.1 Å². The zero-order valence-corrected chi connectivity index (χ0v) is 22.3. The number of pyridine rings is 1. The van der Waals surface area contributed by atoms with Crippen LogP contribution in [0.3, 0.4) is 0 Å². The van der Waals surface area contributed by atoms with Crippen molar-refractivity contribution in [1.29, 1.82) is 0 Å². The maximum absolute atomic E-state index is 14.4. The fourth-order valence-corrected chi connectivity index (χ4v) is 5.38. The normalized spacial score (nSPS) is 20.9. The van der Waals surface area contributed by atoms with Gasteiger partial charge in [0.2, 0.25) is 0 Å². The number of aromatic nitrogens is 1. The van der Waals surface area contributed by atoms with Gasteiger partial charge >= 0.3 is 0 Å². The molecule has 2 aliphatic rings. The van der Waals surface area contributed by atoms with E-state index in [4.69, 9.17) is 9.47 Å². The van der Waals surface area contributed by atoms with Crippen LogP contribution in [0.15, 0.2) is 48.5 Å². The van der Waals surface area contributed by atoms with E-state index in [1.54, 1.807) is 4.90 Å². The molecular formula is C30H30F3N3O4. The molecule has 0 radical (unpaired) electrons. The quantitative estimate of drug-likeness (QED) is 0.505. The molecule has 2 saturated heterocycles. The Balaban J connectivity index is 1.24. The highest BCUT2D eigenvalue weighted by Crippen LogP contribution is 2.33. The summed E-state index contributed by atoms with van der Waals surface area (Å²) in [5.41, 5.74) is 0.558. The van der Waals surface area contributed by atoms with Crippen molar-refractivity contribution in [1.82, 2.24) is 15.2 Å². The van der Waals surface area contributed by atoms with Gasteiger partial charge in [0.05, 0.1) is 31.9 Å². The molecular weight excluding hydrogens is 523 g/mol. The number of halogens is 3. The number of nitrogens with one attached hydrogen (secondary N) is 1. The number of amides is 2. The molecule has 1 spiro atoms. The van der Waals surface area contributed by atoms with Crippen LogP contribution in [0.25, 0.3) is 11.3 Å². The predicted molar refractivity (Wildman–Crippen MR) is 141 cm³/mol. The summed E-state index contributed by atoms with van der Waals surface area (Å²) in [6.07, 6.45) is 0.548. The second-order valence-electron chi connectivity index (χ2n) is 10.5. The van der Waals surface area contributed by atoms with Crippen molar-refractivity contribution in [2.75, 3.05) is 39.5 Å². The highest BCUT2D eigenvalue weighted by molar-refractivity contribution is 5.96. The lowest BCUT2D eigenvalue weighted by Gasteiger charge is -2.31. The first kappa shape index (κ1) is 27.8. The first-order valence-corrected chi connectivity index (χ1v) is 13.1. The van der Waals surface area contributed by atoms with Crippen molar-refractivity contribution >= 4 is 11.8 Å². The first-order valence-electron chi connectivity index (χ1n) is 13.1.